The van der Waals surface area contributed by atoms with Gasteiger partial charge in [0.05, 0.1) is 0 Å². The summed E-state index contributed by atoms with van der Waals surface area (Å²) in [6, 6.07) is 10.4. The van der Waals surface area contributed by atoms with Crippen LogP contribution >= 0.6 is 0 Å². The molecule has 1 fully saturated rings. The van der Waals surface area contributed by atoms with Gasteiger partial charge in [-0.05, 0) is 57.7 Å². The molecular formula is C16H26N2. The predicted octanol–water partition coefficient (Wildman–Crippen LogP) is 3.18. The lowest BCUT2D eigenvalue weighted by molar-refractivity contribution is 0.407. The molecule has 2 heteroatoms. The van der Waals surface area contributed by atoms with E-state index in [1.54, 1.807) is 0 Å². The normalized spacial score (nSPS) is 22.9. The first kappa shape index (κ1) is 13.6. The average molecular weight is 246 g/mol. The minimum Gasteiger partial charge on any atom is -0.314 e. The van der Waals surface area contributed by atoms with Crippen LogP contribution in [0.2, 0.25) is 0 Å². The highest BCUT2D eigenvalue weighted by molar-refractivity contribution is 5.28. The lowest BCUT2D eigenvalue weighted by Gasteiger charge is -2.24. The SMILES string of the molecule is Cc1ccccc1C(C)NC(C)CC1CCCN1. The molecule has 1 aromatic carbocycles. The van der Waals surface area contributed by atoms with Crippen molar-refractivity contribution in [1.82, 2.24) is 10.6 Å². The molecule has 1 aromatic rings. The Morgan fingerprint density at radius 3 is 2.78 bits per heavy atom. The van der Waals surface area contributed by atoms with Crippen molar-refractivity contribution in [2.75, 3.05) is 6.54 Å². The molecule has 3 atom stereocenters. The molecule has 1 aliphatic heterocycles. The zero-order valence-electron chi connectivity index (χ0n) is 11.9. The fourth-order valence-electron chi connectivity index (χ4n) is 3.04. The first-order valence-corrected chi connectivity index (χ1v) is 7.22. The molecule has 2 nitrogen and oxygen atoms in total. The Morgan fingerprint density at radius 2 is 2.11 bits per heavy atom. The van der Waals surface area contributed by atoms with E-state index in [2.05, 4.69) is 55.7 Å². The summed E-state index contributed by atoms with van der Waals surface area (Å²) in [5.41, 5.74) is 2.80. The molecule has 0 aromatic heterocycles. The Hall–Kier alpha value is -0.860. The summed E-state index contributed by atoms with van der Waals surface area (Å²) >= 11 is 0. The van der Waals surface area contributed by atoms with Gasteiger partial charge in [0.15, 0.2) is 0 Å². The Labute approximate surface area is 111 Å². The van der Waals surface area contributed by atoms with Gasteiger partial charge in [0.1, 0.15) is 0 Å². The molecule has 0 saturated carbocycles. The number of rotatable bonds is 5. The standard InChI is InChI=1S/C16H26N2/c1-12-7-4-5-9-16(12)14(3)18-13(2)11-15-8-6-10-17-15/h4-5,7,9,13-15,17-18H,6,8,10-11H2,1-3H3. The summed E-state index contributed by atoms with van der Waals surface area (Å²) in [5.74, 6) is 0. The van der Waals surface area contributed by atoms with Crippen LogP contribution in [-0.4, -0.2) is 18.6 Å². The molecule has 18 heavy (non-hydrogen) atoms. The first-order valence-electron chi connectivity index (χ1n) is 7.22. The molecule has 100 valence electrons. The van der Waals surface area contributed by atoms with E-state index in [9.17, 15) is 0 Å². The van der Waals surface area contributed by atoms with Gasteiger partial charge in [0.2, 0.25) is 0 Å². The monoisotopic (exact) mass is 246 g/mol. The van der Waals surface area contributed by atoms with Crippen molar-refractivity contribution in [2.24, 2.45) is 0 Å². The summed E-state index contributed by atoms with van der Waals surface area (Å²) in [6.07, 6.45) is 3.91. The molecule has 0 aliphatic carbocycles. The number of benzene rings is 1. The van der Waals surface area contributed by atoms with E-state index in [0.29, 0.717) is 12.1 Å². The number of hydrogen-bond donors (Lipinski definition) is 2. The van der Waals surface area contributed by atoms with Crippen LogP contribution in [0.15, 0.2) is 24.3 Å². The Morgan fingerprint density at radius 1 is 1.33 bits per heavy atom. The van der Waals surface area contributed by atoms with E-state index in [1.165, 1.54) is 36.9 Å². The van der Waals surface area contributed by atoms with Crippen LogP contribution in [0.25, 0.3) is 0 Å². The van der Waals surface area contributed by atoms with Gasteiger partial charge >= 0.3 is 0 Å². The number of aryl methyl sites for hydroxylation is 1. The summed E-state index contributed by atoms with van der Waals surface area (Å²) in [7, 11) is 0. The van der Waals surface area contributed by atoms with E-state index in [1.807, 2.05) is 0 Å². The van der Waals surface area contributed by atoms with Crippen LogP contribution in [0.3, 0.4) is 0 Å². The second kappa shape index (κ2) is 6.35. The maximum absolute atomic E-state index is 3.72. The molecule has 2 N–H and O–H groups in total. The molecule has 3 unspecified atom stereocenters. The van der Waals surface area contributed by atoms with Gasteiger partial charge in [-0.2, -0.15) is 0 Å². The van der Waals surface area contributed by atoms with E-state index in [0.717, 1.165) is 6.04 Å². The van der Waals surface area contributed by atoms with E-state index < -0.39 is 0 Å². The maximum atomic E-state index is 3.72. The van der Waals surface area contributed by atoms with Crippen LogP contribution in [0, 0.1) is 6.92 Å². The van der Waals surface area contributed by atoms with Gasteiger partial charge in [0, 0.05) is 18.1 Å². The predicted molar refractivity (Wildman–Crippen MR) is 77.8 cm³/mol. The number of nitrogens with one attached hydrogen (secondary N) is 2. The van der Waals surface area contributed by atoms with Crippen LogP contribution in [-0.2, 0) is 0 Å². The molecule has 1 saturated heterocycles. The summed E-state index contributed by atoms with van der Waals surface area (Å²) < 4.78 is 0. The van der Waals surface area contributed by atoms with Crippen molar-refractivity contribution in [3.63, 3.8) is 0 Å². The zero-order valence-corrected chi connectivity index (χ0v) is 11.9. The first-order chi connectivity index (χ1) is 8.66. The van der Waals surface area contributed by atoms with Gasteiger partial charge in [-0.1, -0.05) is 24.3 Å². The van der Waals surface area contributed by atoms with E-state index in [-0.39, 0.29) is 0 Å². The highest BCUT2D eigenvalue weighted by Gasteiger charge is 2.18. The van der Waals surface area contributed by atoms with Crippen LogP contribution in [0.5, 0.6) is 0 Å². The smallest absolute Gasteiger partial charge is 0.0296 e. The minimum absolute atomic E-state index is 0.433. The third-order valence-corrected chi connectivity index (χ3v) is 3.99. The van der Waals surface area contributed by atoms with Gasteiger partial charge < -0.3 is 10.6 Å². The molecular weight excluding hydrogens is 220 g/mol. The van der Waals surface area contributed by atoms with Crippen LogP contribution in [0.1, 0.15) is 50.3 Å². The van der Waals surface area contributed by atoms with Gasteiger partial charge in [0.25, 0.3) is 0 Å². The Bertz CT molecular complexity index is 369. The van der Waals surface area contributed by atoms with Gasteiger partial charge in [-0.25, -0.2) is 0 Å². The number of hydrogen-bond acceptors (Lipinski definition) is 2. The Kier molecular flexibility index (Phi) is 4.79. The van der Waals surface area contributed by atoms with E-state index >= 15 is 0 Å². The van der Waals surface area contributed by atoms with Crippen molar-refractivity contribution in [3.05, 3.63) is 35.4 Å². The van der Waals surface area contributed by atoms with Gasteiger partial charge in [-0.3, -0.25) is 0 Å². The molecule has 0 radical (unpaired) electrons. The molecule has 1 heterocycles. The molecule has 0 bridgehead atoms. The summed E-state index contributed by atoms with van der Waals surface area (Å²) in [5, 5.41) is 7.30. The van der Waals surface area contributed by atoms with E-state index in [4.69, 9.17) is 0 Å². The molecule has 0 amide bonds. The fraction of sp³-hybridized carbons (Fsp3) is 0.625. The average Bonchev–Trinajstić information content (AvgIpc) is 2.82. The van der Waals surface area contributed by atoms with Crippen LogP contribution < -0.4 is 10.6 Å². The highest BCUT2D eigenvalue weighted by atomic mass is 15.0. The molecule has 0 spiro atoms. The zero-order chi connectivity index (χ0) is 13.0. The molecule has 2 rings (SSSR count). The van der Waals surface area contributed by atoms with Crippen molar-refractivity contribution < 1.29 is 0 Å². The third-order valence-electron chi connectivity index (χ3n) is 3.99. The Balaban J connectivity index is 1.86. The molecule has 1 aliphatic rings. The topological polar surface area (TPSA) is 24.1 Å². The van der Waals surface area contributed by atoms with Crippen molar-refractivity contribution in [1.29, 1.82) is 0 Å². The second-order valence-electron chi connectivity index (χ2n) is 5.67. The lowest BCUT2D eigenvalue weighted by atomic mass is 10.0. The lowest BCUT2D eigenvalue weighted by Crippen LogP contribution is -2.35. The summed E-state index contributed by atoms with van der Waals surface area (Å²) in [4.78, 5) is 0. The van der Waals surface area contributed by atoms with Crippen LogP contribution in [0.4, 0.5) is 0 Å². The third kappa shape index (κ3) is 3.56. The largest absolute Gasteiger partial charge is 0.314 e. The quantitative estimate of drug-likeness (QED) is 0.834. The summed E-state index contributed by atoms with van der Waals surface area (Å²) in [6.45, 7) is 7.96. The minimum atomic E-state index is 0.433. The van der Waals surface area contributed by atoms with Crippen molar-refractivity contribution in [3.8, 4) is 0 Å². The van der Waals surface area contributed by atoms with Crippen molar-refractivity contribution >= 4 is 0 Å². The van der Waals surface area contributed by atoms with Gasteiger partial charge in [-0.15, -0.1) is 0 Å². The maximum Gasteiger partial charge on any atom is 0.0296 e. The highest BCUT2D eigenvalue weighted by Crippen LogP contribution is 2.19. The van der Waals surface area contributed by atoms with Crippen molar-refractivity contribution in [2.45, 2.75) is 58.2 Å². The fourth-order valence-corrected chi connectivity index (χ4v) is 3.04. The second-order valence-corrected chi connectivity index (χ2v) is 5.67.